The first-order valence-electron chi connectivity index (χ1n) is 5.45. The van der Waals surface area contributed by atoms with Crippen molar-refractivity contribution < 1.29 is 0 Å². The molecule has 0 atom stereocenters. The molecule has 2 rings (SSSR count). The van der Waals surface area contributed by atoms with Crippen LogP contribution in [-0.2, 0) is 6.42 Å². The number of halogens is 1. The third-order valence-corrected chi connectivity index (χ3v) is 3.24. The van der Waals surface area contributed by atoms with Crippen LogP contribution in [0.25, 0.3) is 0 Å². The highest BCUT2D eigenvalue weighted by Gasteiger charge is 2.05. The van der Waals surface area contributed by atoms with Crippen molar-refractivity contribution in [2.45, 2.75) is 13.3 Å². The van der Waals surface area contributed by atoms with E-state index in [0.29, 0.717) is 0 Å². The summed E-state index contributed by atoms with van der Waals surface area (Å²) in [5.41, 5.74) is 2.17. The highest BCUT2D eigenvalue weighted by molar-refractivity contribution is 9.10. The fraction of sp³-hybridized carbons (Fsp3) is 0.231. The first-order chi connectivity index (χ1) is 8.19. The van der Waals surface area contributed by atoms with E-state index in [1.54, 1.807) is 0 Å². The molecule has 0 aliphatic rings. The molecule has 2 aromatic rings. The Morgan fingerprint density at radius 2 is 2.00 bits per heavy atom. The number of aryl methyl sites for hydroxylation is 1. The van der Waals surface area contributed by atoms with Crippen molar-refractivity contribution in [3.8, 4) is 0 Å². The van der Waals surface area contributed by atoms with Gasteiger partial charge in [-0.3, -0.25) is 0 Å². The van der Waals surface area contributed by atoms with Gasteiger partial charge in [0.25, 0.3) is 0 Å². The van der Waals surface area contributed by atoms with Crippen LogP contribution in [0.5, 0.6) is 0 Å². The van der Waals surface area contributed by atoms with Crippen LogP contribution in [-0.4, -0.2) is 17.0 Å². The second kappa shape index (κ2) is 5.27. The van der Waals surface area contributed by atoms with E-state index >= 15 is 0 Å². The highest BCUT2D eigenvalue weighted by Crippen LogP contribution is 2.18. The molecule has 0 amide bonds. The maximum Gasteiger partial charge on any atom is 0.135 e. The van der Waals surface area contributed by atoms with Gasteiger partial charge < -0.3 is 5.32 Å². The average Bonchev–Trinajstić information content (AvgIpc) is 2.31. The van der Waals surface area contributed by atoms with E-state index in [1.165, 1.54) is 5.56 Å². The van der Waals surface area contributed by atoms with Crippen LogP contribution in [0.3, 0.4) is 0 Å². The molecule has 0 radical (unpaired) electrons. The van der Waals surface area contributed by atoms with Crippen LogP contribution < -0.4 is 5.32 Å². The van der Waals surface area contributed by atoms with Gasteiger partial charge in [-0.2, -0.15) is 0 Å². The van der Waals surface area contributed by atoms with E-state index in [1.807, 2.05) is 38.2 Å². The van der Waals surface area contributed by atoms with E-state index in [0.717, 1.165) is 28.2 Å². The molecule has 0 spiro atoms. The van der Waals surface area contributed by atoms with Gasteiger partial charge in [0.1, 0.15) is 11.6 Å². The number of nitrogens with zero attached hydrogens (tertiary/aromatic N) is 2. The number of anilines is 1. The van der Waals surface area contributed by atoms with Crippen LogP contribution in [0.15, 0.2) is 34.8 Å². The number of hydrogen-bond acceptors (Lipinski definition) is 3. The lowest BCUT2D eigenvalue weighted by Gasteiger charge is -2.06. The third-order valence-electron chi connectivity index (χ3n) is 2.46. The number of nitrogens with one attached hydrogen (secondary N) is 1. The second-order valence-electron chi connectivity index (χ2n) is 3.83. The first kappa shape index (κ1) is 12.0. The van der Waals surface area contributed by atoms with Crippen LogP contribution in [0.4, 0.5) is 5.82 Å². The van der Waals surface area contributed by atoms with Gasteiger partial charge in [-0.15, -0.1) is 0 Å². The predicted octanol–water partition coefficient (Wildman–Crippen LogP) is 3.18. The van der Waals surface area contributed by atoms with Crippen molar-refractivity contribution in [2.75, 3.05) is 12.4 Å². The number of aromatic nitrogens is 2. The van der Waals surface area contributed by atoms with Gasteiger partial charge >= 0.3 is 0 Å². The minimum Gasteiger partial charge on any atom is -0.373 e. The zero-order chi connectivity index (χ0) is 12.3. The molecule has 4 heteroatoms. The van der Waals surface area contributed by atoms with E-state index in [-0.39, 0.29) is 0 Å². The molecule has 1 aromatic heterocycles. The van der Waals surface area contributed by atoms with Crippen LogP contribution in [0.2, 0.25) is 0 Å². The Morgan fingerprint density at radius 1 is 1.24 bits per heavy atom. The topological polar surface area (TPSA) is 37.8 Å². The number of rotatable bonds is 3. The normalized spacial score (nSPS) is 10.3. The summed E-state index contributed by atoms with van der Waals surface area (Å²) in [7, 11) is 1.87. The lowest BCUT2D eigenvalue weighted by molar-refractivity contribution is 0.941. The summed E-state index contributed by atoms with van der Waals surface area (Å²) in [5, 5.41) is 3.05. The van der Waals surface area contributed by atoms with Gasteiger partial charge in [0.05, 0.1) is 0 Å². The largest absolute Gasteiger partial charge is 0.373 e. The van der Waals surface area contributed by atoms with Crippen molar-refractivity contribution in [1.82, 2.24) is 9.97 Å². The zero-order valence-corrected chi connectivity index (χ0v) is 11.5. The van der Waals surface area contributed by atoms with Gasteiger partial charge in [0.2, 0.25) is 0 Å². The van der Waals surface area contributed by atoms with Gasteiger partial charge in [0.15, 0.2) is 0 Å². The summed E-state index contributed by atoms with van der Waals surface area (Å²) in [6.07, 6.45) is 0.734. The molecular formula is C13H14BrN3. The minimum atomic E-state index is 0.734. The molecule has 0 aliphatic carbocycles. The Balaban J connectivity index is 2.30. The Hall–Kier alpha value is -1.42. The van der Waals surface area contributed by atoms with E-state index in [4.69, 9.17) is 0 Å². The minimum absolute atomic E-state index is 0.734. The van der Waals surface area contributed by atoms with Crippen molar-refractivity contribution in [2.24, 2.45) is 0 Å². The highest BCUT2D eigenvalue weighted by atomic mass is 79.9. The molecule has 1 heterocycles. The Kier molecular flexibility index (Phi) is 3.74. The molecule has 17 heavy (non-hydrogen) atoms. The summed E-state index contributed by atoms with van der Waals surface area (Å²) >= 11 is 3.54. The number of benzene rings is 1. The van der Waals surface area contributed by atoms with Gasteiger partial charge in [-0.25, -0.2) is 9.97 Å². The molecule has 0 saturated heterocycles. The summed E-state index contributed by atoms with van der Waals surface area (Å²) in [5.74, 6) is 1.70. The molecule has 0 unspecified atom stereocenters. The van der Waals surface area contributed by atoms with Crippen LogP contribution in [0, 0.1) is 6.92 Å². The molecule has 0 aliphatic heterocycles. The molecule has 0 saturated carbocycles. The molecule has 1 aromatic carbocycles. The maximum atomic E-state index is 4.45. The van der Waals surface area contributed by atoms with Crippen molar-refractivity contribution in [3.63, 3.8) is 0 Å². The standard InChI is InChI=1S/C13H14BrN3/c1-9-7-12(15-2)17-13(16-9)8-10-5-3-4-6-11(10)14/h3-7H,8H2,1-2H3,(H,15,16,17). The van der Waals surface area contributed by atoms with E-state index in [2.05, 4.69) is 37.3 Å². The molecule has 1 N–H and O–H groups in total. The molecular weight excluding hydrogens is 278 g/mol. The lowest BCUT2D eigenvalue weighted by Crippen LogP contribution is -2.02. The number of hydrogen-bond donors (Lipinski definition) is 1. The Bertz CT molecular complexity index is 526. The van der Waals surface area contributed by atoms with Gasteiger partial charge in [0, 0.05) is 29.7 Å². The third kappa shape index (κ3) is 3.03. The first-order valence-corrected chi connectivity index (χ1v) is 6.24. The fourth-order valence-electron chi connectivity index (χ4n) is 1.65. The fourth-order valence-corrected chi connectivity index (χ4v) is 2.07. The summed E-state index contributed by atoms with van der Waals surface area (Å²) in [4.78, 5) is 8.89. The van der Waals surface area contributed by atoms with Gasteiger partial charge in [-0.05, 0) is 18.6 Å². The SMILES string of the molecule is CNc1cc(C)nc(Cc2ccccc2Br)n1. The van der Waals surface area contributed by atoms with E-state index < -0.39 is 0 Å². The quantitative estimate of drug-likeness (QED) is 0.944. The van der Waals surface area contributed by atoms with Crippen LogP contribution >= 0.6 is 15.9 Å². The Labute approximate surface area is 109 Å². The van der Waals surface area contributed by atoms with Crippen molar-refractivity contribution in [3.05, 3.63) is 51.9 Å². The zero-order valence-electron chi connectivity index (χ0n) is 9.87. The smallest absolute Gasteiger partial charge is 0.135 e. The Morgan fingerprint density at radius 3 is 2.71 bits per heavy atom. The predicted molar refractivity (Wildman–Crippen MR) is 73.3 cm³/mol. The molecule has 0 bridgehead atoms. The maximum absolute atomic E-state index is 4.45. The van der Waals surface area contributed by atoms with E-state index in [9.17, 15) is 0 Å². The summed E-state index contributed by atoms with van der Waals surface area (Å²) in [6, 6.07) is 10.1. The molecule has 88 valence electrons. The second-order valence-corrected chi connectivity index (χ2v) is 4.68. The van der Waals surface area contributed by atoms with Crippen molar-refractivity contribution in [1.29, 1.82) is 0 Å². The molecule has 3 nitrogen and oxygen atoms in total. The average molecular weight is 292 g/mol. The van der Waals surface area contributed by atoms with Gasteiger partial charge in [-0.1, -0.05) is 34.1 Å². The molecule has 0 fully saturated rings. The lowest BCUT2D eigenvalue weighted by atomic mass is 10.1. The summed E-state index contributed by atoms with van der Waals surface area (Å²) < 4.78 is 1.09. The van der Waals surface area contributed by atoms with Crippen LogP contribution in [0.1, 0.15) is 17.1 Å². The van der Waals surface area contributed by atoms with Crippen molar-refractivity contribution >= 4 is 21.7 Å². The monoisotopic (exact) mass is 291 g/mol. The summed E-state index contributed by atoms with van der Waals surface area (Å²) in [6.45, 7) is 1.98.